The van der Waals surface area contributed by atoms with Crippen LogP contribution in [0.2, 0.25) is 0 Å². The Balaban J connectivity index is 1.51. The van der Waals surface area contributed by atoms with Crippen LogP contribution < -0.4 is 0 Å². The Morgan fingerprint density at radius 1 is 0.760 bits per heavy atom. The summed E-state index contributed by atoms with van der Waals surface area (Å²) in [5, 5.41) is 0. The largest absolute Gasteiger partial charge is 0.0764 e. The summed E-state index contributed by atoms with van der Waals surface area (Å²) < 4.78 is 0. The van der Waals surface area contributed by atoms with Gasteiger partial charge in [0.2, 0.25) is 0 Å². The van der Waals surface area contributed by atoms with Crippen LogP contribution in [0.1, 0.15) is 47.9 Å². The first-order valence-corrected chi connectivity index (χ1v) is 9.24. The quantitative estimate of drug-likeness (QED) is 0.512. The number of hydrogen-bond acceptors (Lipinski definition) is 0. The summed E-state index contributed by atoms with van der Waals surface area (Å²) in [5.74, 6) is 0.549. The van der Waals surface area contributed by atoms with Crippen LogP contribution in [0.25, 0.3) is 17.2 Å². The van der Waals surface area contributed by atoms with E-state index in [9.17, 15) is 0 Å². The first kappa shape index (κ1) is 14.7. The van der Waals surface area contributed by atoms with Gasteiger partial charge < -0.3 is 0 Å². The number of hydrogen-bond donors (Lipinski definition) is 0. The standard InChI is InChI=1S/C25H22/c1-25(17-16-19-15-14-18-8-2-3-9-20(18)19)23-12-6-4-10-21(23)22-11-5-7-13-24(22)25/h2-15,19H,16-17H2,1H3. The molecule has 0 fully saturated rings. The lowest BCUT2D eigenvalue weighted by Gasteiger charge is -2.29. The van der Waals surface area contributed by atoms with Crippen LogP contribution in [0.5, 0.6) is 0 Å². The van der Waals surface area contributed by atoms with Gasteiger partial charge in [-0.2, -0.15) is 0 Å². The van der Waals surface area contributed by atoms with E-state index < -0.39 is 0 Å². The molecule has 122 valence electrons. The Bertz CT molecular complexity index is 931. The van der Waals surface area contributed by atoms with Crippen LogP contribution in [0, 0.1) is 0 Å². The molecular weight excluding hydrogens is 300 g/mol. The van der Waals surface area contributed by atoms with E-state index in [4.69, 9.17) is 0 Å². The van der Waals surface area contributed by atoms with Gasteiger partial charge in [0, 0.05) is 11.3 Å². The summed E-state index contributed by atoms with van der Waals surface area (Å²) in [6.07, 6.45) is 7.04. The molecule has 25 heavy (non-hydrogen) atoms. The van der Waals surface area contributed by atoms with Crippen molar-refractivity contribution in [3.8, 4) is 11.1 Å². The molecule has 0 aromatic heterocycles. The van der Waals surface area contributed by atoms with Gasteiger partial charge in [0.25, 0.3) is 0 Å². The summed E-state index contributed by atoms with van der Waals surface area (Å²) >= 11 is 0. The molecule has 0 saturated heterocycles. The molecule has 0 N–H and O–H groups in total. The predicted molar refractivity (Wildman–Crippen MR) is 106 cm³/mol. The molecule has 1 unspecified atom stereocenters. The number of benzene rings is 3. The molecule has 3 aromatic rings. The van der Waals surface area contributed by atoms with Crippen LogP contribution in [0.15, 0.2) is 78.9 Å². The number of allylic oxidation sites excluding steroid dienone is 1. The van der Waals surface area contributed by atoms with Crippen molar-refractivity contribution in [3.63, 3.8) is 0 Å². The topological polar surface area (TPSA) is 0 Å². The molecular formula is C25H22. The van der Waals surface area contributed by atoms with Crippen LogP contribution in [-0.4, -0.2) is 0 Å². The third-order valence-corrected chi connectivity index (χ3v) is 6.19. The molecule has 0 spiro atoms. The minimum atomic E-state index is 0.110. The summed E-state index contributed by atoms with van der Waals surface area (Å²) in [5.41, 5.74) is 8.82. The predicted octanol–water partition coefficient (Wildman–Crippen LogP) is 6.56. The molecule has 0 heterocycles. The monoisotopic (exact) mass is 322 g/mol. The molecule has 0 amide bonds. The first-order chi connectivity index (χ1) is 12.3. The van der Waals surface area contributed by atoms with Crippen molar-refractivity contribution < 1.29 is 0 Å². The van der Waals surface area contributed by atoms with Gasteiger partial charge in [0.1, 0.15) is 0 Å². The summed E-state index contributed by atoms with van der Waals surface area (Å²) in [4.78, 5) is 0. The minimum Gasteiger partial charge on any atom is -0.0764 e. The fourth-order valence-corrected chi connectivity index (χ4v) is 4.83. The second-order valence-electron chi connectivity index (χ2n) is 7.56. The third-order valence-electron chi connectivity index (χ3n) is 6.19. The highest BCUT2D eigenvalue weighted by Crippen LogP contribution is 2.52. The Labute approximate surface area is 149 Å². The maximum atomic E-state index is 2.43. The lowest BCUT2D eigenvalue weighted by molar-refractivity contribution is 0.494. The van der Waals surface area contributed by atoms with Gasteiger partial charge in [-0.05, 0) is 46.2 Å². The van der Waals surface area contributed by atoms with Gasteiger partial charge in [0.05, 0.1) is 0 Å². The Morgan fingerprint density at radius 2 is 1.36 bits per heavy atom. The van der Waals surface area contributed by atoms with E-state index in [1.54, 1.807) is 0 Å². The third kappa shape index (κ3) is 2.14. The molecule has 0 nitrogen and oxygen atoms in total. The summed E-state index contributed by atoms with van der Waals surface area (Å²) in [7, 11) is 0. The second kappa shape index (κ2) is 5.46. The average molecular weight is 322 g/mol. The highest BCUT2D eigenvalue weighted by atomic mass is 14.4. The molecule has 0 heteroatoms. The van der Waals surface area contributed by atoms with Crippen molar-refractivity contribution in [2.75, 3.05) is 0 Å². The van der Waals surface area contributed by atoms with Crippen molar-refractivity contribution in [2.24, 2.45) is 0 Å². The highest BCUT2D eigenvalue weighted by Gasteiger charge is 2.39. The van der Waals surface area contributed by atoms with Crippen LogP contribution >= 0.6 is 0 Å². The SMILES string of the molecule is CC1(CCC2C=Cc3ccccc32)c2ccccc2-c2ccccc21. The van der Waals surface area contributed by atoms with Crippen LogP contribution in [0.4, 0.5) is 0 Å². The van der Waals surface area contributed by atoms with Crippen molar-refractivity contribution in [1.29, 1.82) is 0 Å². The Hall–Kier alpha value is -2.60. The fraction of sp³-hybridized carbons (Fsp3) is 0.200. The fourth-order valence-electron chi connectivity index (χ4n) is 4.83. The van der Waals surface area contributed by atoms with Crippen LogP contribution in [-0.2, 0) is 5.41 Å². The van der Waals surface area contributed by atoms with E-state index in [-0.39, 0.29) is 5.41 Å². The maximum Gasteiger partial charge on any atom is 0.0187 e. The zero-order valence-electron chi connectivity index (χ0n) is 14.6. The average Bonchev–Trinajstić information content (AvgIpc) is 3.19. The smallest absolute Gasteiger partial charge is 0.0187 e. The lowest BCUT2D eigenvalue weighted by Crippen LogP contribution is -2.21. The van der Waals surface area contributed by atoms with Crippen molar-refractivity contribution in [2.45, 2.75) is 31.1 Å². The van der Waals surface area contributed by atoms with Crippen LogP contribution in [0.3, 0.4) is 0 Å². The Morgan fingerprint density at radius 3 is 2.08 bits per heavy atom. The molecule has 2 aliphatic carbocycles. The van der Waals surface area contributed by atoms with Gasteiger partial charge in [-0.25, -0.2) is 0 Å². The van der Waals surface area contributed by atoms with Gasteiger partial charge in [0.15, 0.2) is 0 Å². The highest BCUT2D eigenvalue weighted by molar-refractivity contribution is 5.80. The van der Waals surface area contributed by atoms with Gasteiger partial charge in [-0.3, -0.25) is 0 Å². The summed E-state index contributed by atoms with van der Waals surface area (Å²) in [6.45, 7) is 2.43. The normalized spacial score (nSPS) is 18.7. The first-order valence-electron chi connectivity index (χ1n) is 9.24. The lowest BCUT2D eigenvalue weighted by atomic mass is 9.74. The van der Waals surface area contributed by atoms with Gasteiger partial charge >= 0.3 is 0 Å². The van der Waals surface area contributed by atoms with Crippen molar-refractivity contribution in [3.05, 3.63) is 101 Å². The minimum absolute atomic E-state index is 0.110. The molecule has 5 rings (SSSR count). The van der Waals surface area contributed by atoms with Gasteiger partial charge in [-0.15, -0.1) is 0 Å². The van der Waals surface area contributed by atoms with E-state index >= 15 is 0 Å². The molecule has 0 bridgehead atoms. The molecule has 0 radical (unpaired) electrons. The number of rotatable bonds is 3. The van der Waals surface area contributed by atoms with E-state index in [2.05, 4.69) is 91.9 Å². The second-order valence-corrected chi connectivity index (χ2v) is 7.56. The maximum absolute atomic E-state index is 2.43. The zero-order valence-corrected chi connectivity index (χ0v) is 14.6. The zero-order chi connectivity index (χ0) is 16.9. The van der Waals surface area contributed by atoms with E-state index in [0.717, 1.165) is 0 Å². The van der Waals surface area contributed by atoms with Crippen molar-refractivity contribution >= 4 is 6.08 Å². The number of fused-ring (bicyclic) bond motifs is 4. The molecule has 0 aliphatic heterocycles. The van der Waals surface area contributed by atoms with Gasteiger partial charge in [-0.1, -0.05) is 91.9 Å². The molecule has 1 atom stereocenters. The molecule has 2 aliphatic rings. The van der Waals surface area contributed by atoms with E-state index in [0.29, 0.717) is 5.92 Å². The molecule has 3 aromatic carbocycles. The van der Waals surface area contributed by atoms with E-state index in [1.165, 1.54) is 46.2 Å². The molecule has 0 saturated carbocycles. The Kier molecular flexibility index (Phi) is 3.21. The summed E-state index contributed by atoms with van der Waals surface area (Å²) in [6, 6.07) is 26.7. The van der Waals surface area contributed by atoms with Crippen molar-refractivity contribution in [1.82, 2.24) is 0 Å². The van der Waals surface area contributed by atoms with E-state index in [1.807, 2.05) is 0 Å².